The van der Waals surface area contributed by atoms with Gasteiger partial charge in [0, 0.05) is 12.7 Å². The number of hydrogen-bond acceptors (Lipinski definition) is 4. The first-order valence-electron chi connectivity index (χ1n) is 9.66. The fourth-order valence-corrected chi connectivity index (χ4v) is 3.41. The number of ether oxygens (including phenoxy) is 1. The Morgan fingerprint density at radius 2 is 1.90 bits per heavy atom. The predicted molar refractivity (Wildman–Crippen MR) is 108 cm³/mol. The number of rotatable bonds is 4. The fraction of sp³-hybridized carbons (Fsp3) is 0.409. The van der Waals surface area contributed by atoms with E-state index in [2.05, 4.69) is 10.3 Å². The Labute approximate surface area is 170 Å². The Morgan fingerprint density at radius 3 is 2.55 bits per heavy atom. The summed E-state index contributed by atoms with van der Waals surface area (Å²) >= 11 is 0. The molecule has 2 amide bonds. The second-order valence-corrected chi connectivity index (χ2v) is 8.19. The molecule has 2 heterocycles. The van der Waals surface area contributed by atoms with Crippen molar-refractivity contribution >= 4 is 17.8 Å². The van der Waals surface area contributed by atoms with Crippen molar-refractivity contribution in [1.82, 2.24) is 10.3 Å². The lowest BCUT2D eigenvalue weighted by Gasteiger charge is -2.29. The monoisotopic (exact) mass is 399 g/mol. The van der Waals surface area contributed by atoms with Crippen LogP contribution in [-0.2, 0) is 16.0 Å². The van der Waals surface area contributed by atoms with Gasteiger partial charge in [0.05, 0.1) is 12.0 Å². The molecule has 0 saturated heterocycles. The maximum absolute atomic E-state index is 13.4. The van der Waals surface area contributed by atoms with Crippen molar-refractivity contribution in [3.63, 3.8) is 0 Å². The molecule has 1 aromatic carbocycles. The second kappa shape index (κ2) is 8.19. The van der Waals surface area contributed by atoms with Crippen LogP contribution in [0.25, 0.3) is 0 Å². The highest BCUT2D eigenvalue weighted by molar-refractivity contribution is 5.96. The first kappa shape index (κ1) is 20.8. The summed E-state index contributed by atoms with van der Waals surface area (Å²) in [6, 6.07) is 8.88. The van der Waals surface area contributed by atoms with Gasteiger partial charge in [-0.25, -0.2) is 14.2 Å². The van der Waals surface area contributed by atoms with Crippen LogP contribution < -0.4 is 10.2 Å². The first-order chi connectivity index (χ1) is 13.7. The SMILES string of the molecule is C[C@@H](C(=O)N1CCc2cccnc21)[C@@H](NC(=O)OC(C)(C)C)c1ccc(F)cc1. The zero-order chi connectivity index (χ0) is 21.2. The van der Waals surface area contributed by atoms with E-state index in [0.717, 1.165) is 12.0 Å². The molecule has 1 aliphatic heterocycles. The lowest BCUT2D eigenvalue weighted by Crippen LogP contribution is -2.43. The molecule has 0 radical (unpaired) electrons. The fourth-order valence-electron chi connectivity index (χ4n) is 3.41. The molecule has 7 heteroatoms. The molecule has 29 heavy (non-hydrogen) atoms. The van der Waals surface area contributed by atoms with Crippen LogP contribution in [0.2, 0.25) is 0 Å². The van der Waals surface area contributed by atoms with Gasteiger partial charge in [0.25, 0.3) is 0 Å². The molecule has 0 saturated carbocycles. The summed E-state index contributed by atoms with van der Waals surface area (Å²) in [5, 5.41) is 2.79. The molecule has 3 rings (SSSR count). The standard InChI is InChI=1S/C22H26FN3O3/c1-14(20(27)26-13-11-16-6-5-12-24-19(16)26)18(15-7-9-17(23)10-8-15)25-21(28)29-22(2,3)4/h5-10,12,14,18H,11,13H2,1-4H3,(H,25,28)/t14-,18-/m1/s1. The lowest BCUT2D eigenvalue weighted by atomic mass is 9.93. The normalized spacial score (nSPS) is 15.4. The van der Waals surface area contributed by atoms with Gasteiger partial charge >= 0.3 is 6.09 Å². The van der Waals surface area contributed by atoms with Crippen LogP contribution >= 0.6 is 0 Å². The minimum absolute atomic E-state index is 0.159. The third kappa shape index (κ3) is 4.91. The Balaban J connectivity index is 1.85. The summed E-state index contributed by atoms with van der Waals surface area (Å²) in [7, 11) is 0. The molecule has 2 aromatic rings. The minimum Gasteiger partial charge on any atom is -0.444 e. The third-order valence-electron chi connectivity index (χ3n) is 4.78. The van der Waals surface area contributed by atoms with Gasteiger partial charge in [0.15, 0.2) is 0 Å². The summed E-state index contributed by atoms with van der Waals surface area (Å²) in [5.74, 6) is -0.505. The molecule has 1 N–H and O–H groups in total. The molecular formula is C22H26FN3O3. The molecule has 0 bridgehead atoms. The van der Waals surface area contributed by atoms with E-state index < -0.39 is 23.7 Å². The van der Waals surface area contributed by atoms with Crippen molar-refractivity contribution in [2.45, 2.75) is 45.8 Å². The summed E-state index contributed by atoms with van der Waals surface area (Å²) in [5.41, 5.74) is 0.965. The number of hydrogen-bond donors (Lipinski definition) is 1. The number of aromatic nitrogens is 1. The number of halogens is 1. The maximum atomic E-state index is 13.4. The summed E-state index contributed by atoms with van der Waals surface area (Å²) in [6.07, 6.45) is 1.76. The summed E-state index contributed by atoms with van der Waals surface area (Å²) in [6.45, 7) is 7.58. The van der Waals surface area contributed by atoms with Crippen molar-refractivity contribution < 1.29 is 18.7 Å². The number of nitrogens with zero attached hydrogens (tertiary/aromatic N) is 2. The van der Waals surface area contributed by atoms with Gasteiger partial charge in [-0.3, -0.25) is 9.69 Å². The zero-order valence-corrected chi connectivity index (χ0v) is 17.1. The van der Waals surface area contributed by atoms with Crippen LogP contribution in [0, 0.1) is 11.7 Å². The highest BCUT2D eigenvalue weighted by Gasteiger charge is 2.35. The second-order valence-electron chi connectivity index (χ2n) is 8.19. The number of nitrogens with one attached hydrogen (secondary N) is 1. The zero-order valence-electron chi connectivity index (χ0n) is 17.1. The number of amides is 2. The number of pyridine rings is 1. The number of alkyl carbamates (subject to hydrolysis) is 1. The van der Waals surface area contributed by atoms with E-state index in [1.807, 2.05) is 12.1 Å². The Kier molecular flexibility index (Phi) is 5.86. The Bertz CT molecular complexity index is 893. The largest absolute Gasteiger partial charge is 0.444 e. The van der Waals surface area contributed by atoms with E-state index in [1.165, 1.54) is 12.1 Å². The first-order valence-corrected chi connectivity index (χ1v) is 9.66. The van der Waals surface area contributed by atoms with Crippen molar-refractivity contribution in [2.75, 3.05) is 11.4 Å². The van der Waals surface area contributed by atoms with E-state index in [0.29, 0.717) is 17.9 Å². The van der Waals surface area contributed by atoms with Crippen molar-refractivity contribution in [3.8, 4) is 0 Å². The number of carbonyl (C=O) groups is 2. The van der Waals surface area contributed by atoms with Crippen LogP contribution in [0.4, 0.5) is 15.0 Å². The van der Waals surface area contributed by atoms with E-state index in [9.17, 15) is 14.0 Å². The van der Waals surface area contributed by atoms with Gasteiger partial charge in [-0.15, -0.1) is 0 Å². The Hall–Kier alpha value is -2.96. The molecule has 154 valence electrons. The van der Waals surface area contributed by atoms with E-state index in [4.69, 9.17) is 4.74 Å². The van der Waals surface area contributed by atoms with Crippen LogP contribution in [0.5, 0.6) is 0 Å². The maximum Gasteiger partial charge on any atom is 0.408 e. The molecule has 0 fully saturated rings. The van der Waals surface area contributed by atoms with Crippen molar-refractivity contribution in [1.29, 1.82) is 0 Å². The van der Waals surface area contributed by atoms with Gasteiger partial charge in [0.2, 0.25) is 5.91 Å². The molecule has 6 nitrogen and oxygen atoms in total. The molecule has 0 aliphatic carbocycles. The van der Waals surface area contributed by atoms with Crippen LogP contribution in [0.1, 0.15) is 44.9 Å². The third-order valence-corrected chi connectivity index (χ3v) is 4.78. The predicted octanol–water partition coefficient (Wildman–Crippen LogP) is 4.01. The average molecular weight is 399 g/mol. The van der Waals surface area contributed by atoms with E-state index in [-0.39, 0.29) is 11.7 Å². The van der Waals surface area contributed by atoms with E-state index in [1.54, 1.807) is 50.9 Å². The number of anilines is 1. The topological polar surface area (TPSA) is 71.5 Å². The quantitative estimate of drug-likeness (QED) is 0.843. The molecule has 1 aliphatic rings. The van der Waals surface area contributed by atoms with E-state index >= 15 is 0 Å². The van der Waals surface area contributed by atoms with Gasteiger partial charge in [-0.1, -0.05) is 25.1 Å². The molecule has 0 spiro atoms. The number of carbonyl (C=O) groups excluding carboxylic acids is 2. The Morgan fingerprint density at radius 1 is 1.21 bits per heavy atom. The highest BCUT2D eigenvalue weighted by Crippen LogP contribution is 2.30. The molecule has 0 unspecified atom stereocenters. The number of benzene rings is 1. The smallest absolute Gasteiger partial charge is 0.408 e. The van der Waals surface area contributed by atoms with Crippen molar-refractivity contribution in [3.05, 3.63) is 59.5 Å². The molecule has 2 atom stereocenters. The van der Waals surface area contributed by atoms with Gasteiger partial charge in [0.1, 0.15) is 17.2 Å². The van der Waals surface area contributed by atoms with Gasteiger partial charge < -0.3 is 10.1 Å². The van der Waals surface area contributed by atoms with Gasteiger partial charge in [-0.05, 0) is 56.5 Å². The highest BCUT2D eigenvalue weighted by atomic mass is 19.1. The van der Waals surface area contributed by atoms with Crippen LogP contribution in [0.15, 0.2) is 42.6 Å². The number of fused-ring (bicyclic) bond motifs is 1. The summed E-state index contributed by atoms with van der Waals surface area (Å²) < 4.78 is 18.8. The molecule has 1 aromatic heterocycles. The molecular weight excluding hydrogens is 373 g/mol. The van der Waals surface area contributed by atoms with Crippen LogP contribution in [-0.4, -0.2) is 29.1 Å². The minimum atomic E-state index is -0.678. The average Bonchev–Trinajstić information content (AvgIpc) is 3.08. The van der Waals surface area contributed by atoms with Crippen molar-refractivity contribution in [2.24, 2.45) is 5.92 Å². The summed E-state index contributed by atoms with van der Waals surface area (Å²) in [4.78, 5) is 31.7. The lowest BCUT2D eigenvalue weighted by molar-refractivity contribution is -0.122. The van der Waals surface area contributed by atoms with Crippen LogP contribution in [0.3, 0.4) is 0 Å². The van der Waals surface area contributed by atoms with Gasteiger partial charge in [-0.2, -0.15) is 0 Å².